The summed E-state index contributed by atoms with van der Waals surface area (Å²) in [6, 6.07) is -3.85. The van der Waals surface area contributed by atoms with E-state index in [1.807, 2.05) is 0 Å². The first-order chi connectivity index (χ1) is 14.5. The van der Waals surface area contributed by atoms with Gasteiger partial charge in [-0.25, -0.2) is 4.79 Å². The van der Waals surface area contributed by atoms with Crippen LogP contribution in [0.15, 0.2) is 0 Å². The lowest BCUT2D eigenvalue weighted by atomic mass is 10.1. The van der Waals surface area contributed by atoms with Gasteiger partial charge in [0, 0.05) is 12.8 Å². The molecule has 0 aliphatic rings. The third kappa shape index (κ3) is 12.4. The van der Waals surface area contributed by atoms with E-state index in [0.717, 1.165) is 0 Å². The summed E-state index contributed by atoms with van der Waals surface area (Å²) < 4.78 is 0. The Morgan fingerprint density at radius 1 is 0.839 bits per heavy atom. The number of carbonyl (C=O) groups is 6. The summed E-state index contributed by atoms with van der Waals surface area (Å²) in [4.78, 5) is 70.0. The molecule has 0 saturated heterocycles. The number of hydrogen-bond acceptors (Lipinski definition) is 8. The van der Waals surface area contributed by atoms with Gasteiger partial charge in [-0.15, -0.1) is 0 Å². The van der Waals surface area contributed by atoms with Gasteiger partial charge in [0.1, 0.15) is 18.1 Å². The van der Waals surface area contributed by atoms with Gasteiger partial charge in [0.15, 0.2) is 0 Å². The fourth-order valence-electron chi connectivity index (χ4n) is 2.38. The zero-order valence-corrected chi connectivity index (χ0v) is 17.9. The summed E-state index contributed by atoms with van der Waals surface area (Å²) in [5, 5.41) is 25.0. The Bertz CT molecular complexity index is 675. The predicted octanol–water partition coefficient (Wildman–Crippen LogP) is -2.63. The third-order valence-electron chi connectivity index (χ3n) is 4.02. The van der Waals surface area contributed by atoms with E-state index < -0.39 is 66.7 Å². The van der Waals surface area contributed by atoms with E-state index in [4.69, 9.17) is 16.6 Å². The molecule has 0 aliphatic heterocycles. The normalized spacial score (nSPS) is 13.4. The molecule has 3 atom stereocenters. The van der Waals surface area contributed by atoms with Crippen LogP contribution in [0.25, 0.3) is 0 Å². The average molecular weight is 464 g/mol. The van der Waals surface area contributed by atoms with E-state index in [1.165, 1.54) is 11.8 Å². The molecular formula is C17H29N5O8S. The molecule has 9 N–H and O–H groups in total. The average Bonchev–Trinajstić information content (AvgIpc) is 2.70. The largest absolute Gasteiger partial charge is 0.481 e. The SMILES string of the molecule is CSCCC(NC(=O)C(CCC(N)=O)NC(=O)C(CCC(=O)O)NC(=O)CN)C(=O)O. The second-order valence-electron chi connectivity index (χ2n) is 6.50. The Kier molecular flexibility index (Phi) is 13.6. The molecule has 0 heterocycles. The van der Waals surface area contributed by atoms with E-state index in [9.17, 15) is 33.9 Å². The molecule has 0 fully saturated rings. The topological polar surface area (TPSA) is 231 Å². The number of carboxylic acid groups (broad SMARTS) is 2. The molecule has 3 unspecified atom stereocenters. The first-order valence-electron chi connectivity index (χ1n) is 9.33. The van der Waals surface area contributed by atoms with Crippen LogP contribution in [0.5, 0.6) is 0 Å². The number of aliphatic carboxylic acids is 2. The Morgan fingerprint density at radius 2 is 1.35 bits per heavy atom. The Hall–Kier alpha value is -2.87. The molecule has 0 aromatic heterocycles. The summed E-state index contributed by atoms with van der Waals surface area (Å²) in [5.41, 5.74) is 10.3. The highest BCUT2D eigenvalue weighted by Gasteiger charge is 2.29. The van der Waals surface area contributed by atoms with Crippen molar-refractivity contribution in [3.05, 3.63) is 0 Å². The fourth-order valence-corrected chi connectivity index (χ4v) is 2.85. The third-order valence-corrected chi connectivity index (χ3v) is 4.67. The van der Waals surface area contributed by atoms with Gasteiger partial charge >= 0.3 is 11.9 Å². The van der Waals surface area contributed by atoms with Crippen LogP contribution in [0.2, 0.25) is 0 Å². The minimum absolute atomic E-state index is 0.131. The van der Waals surface area contributed by atoms with Gasteiger partial charge in [-0.3, -0.25) is 24.0 Å². The lowest BCUT2D eigenvalue weighted by Crippen LogP contribution is -2.56. The first-order valence-corrected chi connectivity index (χ1v) is 10.7. The number of amides is 4. The van der Waals surface area contributed by atoms with Crippen molar-refractivity contribution in [2.24, 2.45) is 11.5 Å². The molecule has 31 heavy (non-hydrogen) atoms. The second-order valence-corrected chi connectivity index (χ2v) is 7.49. The van der Waals surface area contributed by atoms with Crippen LogP contribution < -0.4 is 27.4 Å². The van der Waals surface area contributed by atoms with E-state index in [0.29, 0.717) is 5.75 Å². The maximum absolute atomic E-state index is 12.6. The fraction of sp³-hybridized carbons (Fsp3) is 0.647. The van der Waals surface area contributed by atoms with Gasteiger partial charge < -0.3 is 37.6 Å². The smallest absolute Gasteiger partial charge is 0.326 e. The van der Waals surface area contributed by atoms with Crippen LogP contribution in [-0.4, -0.2) is 82.5 Å². The van der Waals surface area contributed by atoms with Crippen molar-refractivity contribution in [2.75, 3.05) is 18.6 Å². The van der Waals surface area contributed by atoms with Gasteiger partial charge in [0.05, 0.1) is 6.54 Å². The van der Waals surface area contributed by atoms with E-state index >= 15 is 0 Å². The molecule has 0 radical (unpaired) electrons. The van der Waals surface area contributed by atoms with Crippen molar-refractivity contribution < 1.29 is 39.0 Å². The molecule has 13 nitrogen and oxygen atoms in total. The number of nitrogens with one attached hydrogen (secondary N) is 3. The van der Waals surface area contributed by atoms with Crippen LogP contribution in [0.1, 0.15) is 32.1 Å². The number of hydrogen-bond donors (Lipinski definition) is 7. The highest BCUT2D eigenvalue weighted by molar-refractivity contribution is 7.98. The van der Waals surface area contributed by atoms with Crippen LogP contribution >= 0.6 is 11.8 Å². The standard InChI is InChI=1S/C17H29N5O8S/c1-31-7-6-11(17(29)30)22-16(28)10(2-4-12(19)23)21-15(27)9(3-5-14(25)26)20-13(24)8-18/h9-11H,2-8,18H2,1H3,(H2,19,23)(H,20,24)(H,21,27)(H,22,28)(H,25,26)(H,29,30). The van der Waals surface area contributed by atoms with Crippen LogP contribution in [0.4, 0.5) is 0 Å². The maximum Gasteiger partial charge on any atom is 0.326 e. The number of primary amides is 1. The summed E-state index contributed by atoms with van der Waals surface area (Å²) in [6.45, 7) is -0.446. The number of nitrogens with two attached hydrogens (primary N) is 2. The van der Waals surface area contributed by atoms with E-state index in [-0.39, 0.29) is 25.7 Å². The van der Waals surface area contributed by atoms with Crippen molar-refractivity contribution in [2.45, 2.75) is 50.2 Å². The molecule has 0 bridgehead atoms. The number of carboxylic acids is 2. The lowest BCUT2D eigenvalue weighted by Gasteiger charge is -2.24. The minimum Gasteiger partial charge on any atom is -0.481 e. The van der Waals surface area contributed by atoms with Gasteiger partial charge in [-0.2, -0.15) is 11.8 Å². The molecule has 176 valence electrons. The predicted molar refractivity (Wildman–Crippen MR) is 111 cm³/mol. The maximum atomic E-state index is 12.6. The van der Waals surface area contributed by atoms with Crippen molar-refractivity contribution in [1.29, 1.82) is 0 Å². The quantitative estimate of drug-likeness (QED) is 0.126. The molecule has 0 aromatic carbocycles. The van der Waals surface area contributed by atoms with Crippen molar-refractivity contribution in [3.8, 4) is 0 Å². The Balaban J connectivity index is 5.41. The molecule has 0 saturated carbocycles. The molecule has 0 aliphatic carbocycles. The number of thioether (sulfide) groups is 1. The highest BCUT2D eigenvalue weighted by Crippen LogP contribution is 2.06. The lowest BCUT2D eigenvalue weighted by molar-refractivity contribution is -0.142. The van der Waals surface area contributed by atoms with Crippen LogP contribution in [-0.2, 0) is 28.8 Å². The van der Waals surface area contributed by atoms with Gasteiger partial charge in [-0.05, 0) is 31.3 Å². The van der Waals surface area contributed by atoms with Crippen molar-refractivity contribution in [3.63, 3.8) is 0 Å². The van der Waals surface area contributed by atoms with Gasteiger partial charge in [0.2, 0.25) is 23.6 Å². The van der Waals surface area contributed by atoms with Gasteiger partial charge in [-0.1, -0.05) is 0 Å². The Morgan fingerprint density at radius 3 is 1.81 bits per heavy atom. The highest BCUT2D eigenvalue weighted by atomic mass is 32.2. The van der Waals surface area contributed by atoms with Gasteiger partial charge in [0.25, 0.3) is 0 Å². The van der Waals surface area contributed by atoms with E-state index in [1.54, 1.807) is 6.26 Å². The monoisotopic (exact) mass is 463 g/mol. The number of rotatable bonds is 16. The Labute approximate surface area is 183 Å². The molecular weight excluding hydrogens is 434 g/mol. The summed E-state index contributed by atoms with van der Waals surface area (Å²) in [7, 11) is 0. The second kappa shape index (κ2) is 15.0. The minimum atomic E-state index is -1.33. The molecule has 0 aromatic rings. The van der Waals surface area contributed by atoms with E-state index in [2.05, 4.69) is 16.0 Å². The summed E-state index contributed by atoms with van der Waals surface area (Å²) >= 11 is 1.38. The first kappa shape index (κ1) is 28.1. The summed E-state index contributed by atoms with van der Waals surface area (Å²) in [6.07, 6.45) is 0.670. The molecule has 0 rings (SSSR count). The summed E-state index contributed by atoms with van der Waals surface area (Å²) in [5.74, 6) is -5.22. The zero-order valence-electron chi connectivity index (χ0n) is 17.1. The molecule has 14 heteroatoms. The molecule has 0 spiro atoms. The zero-order chi connectivity index (χ0) is 24.0. The molecule has 4 amide bonds. The van der Waals surface area contributed by atoms with Crippen molar-refractivity contribution >= 4 is 47.3 Å². The number of carbonyl (C=O) groups excluding carboxylic acids is 4. The van der Waals surface area contributed by atoms with Crippen LogP contribution in [0, 0.1) is 0 Å². The van der Waals surface area contributed by atoms with Crippen molar-refractivity contribution in [1.82, 2.24) is 16.0 Å². The van der Waals surface area contributed by atoms with Crippen LogP contribution in [0.3, 0.4) is 0 Å².